The second kappa shape index (κ2) is 10.9. The molecule has 1 fully saturated rings. The molecule has 1 saturated heterocycles. The average molecular weight is 511 g/mol. The molecule has 4 N–H and O–H groups in total. The minimum atomic E-state index is -0.891. The van der Waals surface area contributed by atoms with E-state index in [2.05, 4.69) is 15.6 Å². The van der Waals surface area contributed by atoms with E-state index in [4.69, 9.17) is 18.9 Å². The number of ether oxygens (including phenoxy) is 4. The van der Waals surface area contributed by atoms with Crippen LogP contribution < -0.4 is 25.8 Å². The third kappa shape index (κ3) is 5.50. The zero-order chi connectivity index (χ0) is 25.8. The number of aromatic nitrogens is 2. The zero-order valence-electron chi connectivity index (χ0n) is 19.7. The molecule has 12 nitrogen and oxygen atoms in total. The molecule has 37 heavy (non-hydrogen) atoms. The SMILES string of the molecule is O=C(NCCOc1cccc2c1Nc1nc(=O)n([C@H]3C[C@@H](O)[C@@H](CO)O3)cc1O2)OCc1ccccc1. The number of para-hydroxylation sites is 1. The lowest BCUT2D eigenvalue weighted by Gasteiger charge is -2.24. The van der Waals surface area contributed by atoms with Crippen molar-refractivity contribution >= 4 is 17.6 Å². The van der Waals surface area contributed by atoms with Gasteiger partial charge in [-0.05, 0) is 17.7 Å². The number of aliphatic hydroxyl groups excluding tert-OH is 2. The fraction of sp³-hybridized carbons (Fsp3) is 0.320. The number of hydrogen-bond acceptors (Lipinski definition) is 10. The van der Waals surface area contributed by atoms with E-state index in [1.165, 1.54) is 10.8 Å². The van der Waals surface area contributed by atoms with Gasteiger partial charge < -0.3 is 39.8 Å². The first-order valence-corrected chi connectivity index (χ1v) is 11.7. The van der Waals surface area contributed by atoms with Crippen LogP contribution in [0.1, 0.15) is 18.2 Å². The molecule has 1 aromatic heterocycles. The summed E-state index contributed by atoms with van der Waals surface area (Å²) >= 11 is 0. The Balaban J connectivity index is 1.18. The number of carbonyl (C=O) groups is 1. The van der Waals surface area contributed by atoms with E-state index in [1.807, 2.05) is 30.3 Å². The van der Waals surface area contributed by atoms with Crippen molar-refractivity contribution in [1.82, 2.24) is 14.9 Å². The minimum absolute atomic E-state index is 0.140. The number of hydrogen-bond donors (Lipinski definition) is 4. The fourth-order valence-corrected chi connectivity index (χ4v) is 4.04. The molecule has 0 aliphatic carbocycles. The maximum Gasteiger partial charge on any atom is 0.407 e. The average Bonchev–Trinajstić information content (AvgIpc) is 3.29. The highest BCUT2D eigenvalue weighted by molar-refractivity contribution is 5.77. The van der Waals surface area contributed by atoms with Crippen molar-refractivity contribution < 1.29 is 34.0 Å². The second-order valence-corrected chi connectivity index (χ2v) is 8.45. The van der Waals surface area contributed by atoms with Gasteiger partial charge in [-0.25, -0.2) is 9.59 Å². The van der Waals surface area contributed by atoms with E-state index in [1.54, 1.807) is 18.2 Å². The minimum Gasteiger partial charge on any atom is -0.489 e. The summed E-state index contributed by atoms with van der Waals surface area (Å²) in [5.41, 5.74) is 0.768. The molecule has 0 saturated carbocycles. The number of nitrogens with one attached hydrogen (secondary N) is 2. The molecule has 0 unspecified atom stereocenters. The molecule has 3 atom stereocenters. The molecule has 3 aromatic rings. The summed E-state index contributed by atoms with van der Waals surface area (Å²) in [5, 5.41) is 25.0. The van der Waals surface area contributed by atoms with Crippen molar-refractivity contribution in [1.29, 1.82) is 0 Å². The topological polar surface area (TPSA) is 153 Å². The first kappa shape index (κ1) is 24.6. The summed E-state index contributed by atoms with van der Waals surface area (Å²) < 4.78 is 23.7. The predicted molar refractivity (Wildman–Crippen MR) is 130 cm³/mol. The van der Waals surface area contributed by atoms with Gasteiger partial charge in [0.05, 0.1) is 25.5 Å². The van der Waals surface area contributed by atoms with Crippen LogP contribution in [0.2, 0.25) is 0 Å². The monoisotopic (exact) mass is 510 g/mol. The van der Waals surface area contributed by atoms with Crippen molar-refractivity contribution in [3.05, 3.63) is 70.8 Å². The predicted octanol–water partition coefficient (Wildman–Crippen LogP) is 2.04. The lowest BCUT2D eigenvalue weighted by atomic mass is 10.2. The van der Waals surface area contributed by atoms with E-state index < -0.39 is 30.2 Å². The molecule has 1 amide bonds. The third-order valence-corrected chi connectivity index (χ3v) is 5.91. The van der Waals surface area contributed by atoms with Crippen molar-refractivity contribution in [2.45, 2.75) is 31.5 Å². The quantitative estimate of drug-likeness (QED) is 0.259. The van der Waals surface area contributed by atoms with Crippen molar-refractivity contribution in [2.75, 3.05) is 25.1 Å². The summed E-state index contributed by atoms with van der Waals surface area (Å²) in [6.45, 7) is 0.182. The highest BCUT2D eigenvalue weighted by Crippen LogP contribution is 2.45. The number of amides is 1. The summed E-state index contributed by atoms with van der Waals surface area (Å²) in [4.78, 5) is 28.6. The lowest BCUT2D eigenvalue weighted by molar-refractivity contribution is -0.0459. The smallest absolute Gasteiger partial charge is 0.407 e. The van der Waals surface area contributed by atoms with Gasteiger partial charge in [0.25, 0.3) is 0 Å². The fourth-order valence-electron chi connectivity index (χ4n) is 4.04. The Labute approximate surface area is 211 Å². The summed E-state index contributed by atoms with van der Waals surface area (Å²) in [6, 6.07) is 14.6. The molecule has 3 heterocycles. The van der Waals surface area contributed by atoms with Crippen LogP contribution >= 0.6 is 0 Å². The molecule has 2 aromatic carbocycles. The maximum absolute atomic E-state index is 12.6. The van der Waals surface area contributed by atoms with Gasteiger partial charge in [-0.3, -0.25) is 4.57 Å². The van der Waals surface area contributed by atoms with Crippen molar-refractivity contribution in [3.8, 4) is 17.2 Å². The van der Waals surface area contributed by atoms with Gasteiger partial charge in [-0.1, -0.05) is 36.4 Å². The van der Waals surface area contributed by atoms with Gasteiger partial charge in [-0.15, -0.1) is 0 Å². The van der Waals surface area contributed by atoms with Gasteiger partial charge in [0.2, 0.25) is 0 Å². The summed E-state index contributed by atoms with van der Waals surface area (Å²) in [7, 11) is 0. The van der Waals surface area contributed by atoms with Gasteiger partial charge in [0.15, 0.2) is 17.3 Å². The molecule has 0 bridgehead atoms. The van der Waals surface area contributed by atoms with Crippen molar-refractivity contribution in [3.63, 3.8) is 0 Å². The Morgan fingerprint density at radius 3 is 2.81 bits per heavy atom. The highest BCUT2D eigenvalue weighted by Gasteiger charge is 2.36. The Hall–Kier alpha value is -4.13. The molecule has 2 aliphatic rings. The number of carbonyl (C=O) groups excluding carboxylic acids is 1. The number of nitrogens with zero attached hydrogens (tertiary/aromatic N) is 2. The summed E-state index contributed by atoms with van der Waals surface area (Å²) in [6.07, 6.45) is -1.39. The van der Waals surface area contributed by atoms with E-state index >= 15 is 0 Å². The van der Waals surface area contributed by atoms with E-state index in [0.717, 1.165) is 5.56 Å². The largest absolute Gasteiger partial charge is 0.489 e. The number of rotatable bonds is 8. The normalized spacial score (nSPS) is 19.7. The van der Waals surface area contributed by atoms with Crippen LogP contribution in [0, 0.1) is 0 Å². The Kier molecular flexibility index (Phi) is 7.21. The molecular formula is C25H26N4O8. The number of anilines is 2. The van der Waals surface area contributed by atoms with E-state index in [-0.39, 0.29) is 44.4 Å². The third-order valence-electron chi connectivity index (χ3n) is 5.91. The molecule has 0 radical (unpaired) electrons. The van der Waals surface area contributed by atoms with Crippen LogP contribution in [0.15, 0.2) is 59.5 Å². The Morgan fingerprint density at radius 2 is 2.03 bits per heavy atom. The zero-order valence-corrected chi connectivity index (χ0v) is 19.7. The number of benzene rings is 2. The van der Waals surface area contributed by atoms with Crippen LogP contribution in [0.4, 0.5) is 16.3 Å². The standard InChI is InChI=1S/C25H26N4O8/c30-13-20-16(31)11-21(37-20)29-12-19-23(28-24(29)32)27-22-17(7-4-8-18(22)36-19)34-10-9-26-25(33)35-14-15-5-2-1-3-6-15/h1-8,12,16,20-21,30-31H,9-11,13-14H2,(H,26,33)(H,27,28,32)/t16-,20-,21-/m1/s1. The van der Waals surface area contributed by atoms with Crippen LogP contribution in [0.3, 0.4) is 0 Å². The van der Waals surface area contributed by atoms with Gasteiger partial charge >= 0.3 is 11.8 Å². The summed E-state index contributed by atoms with van der Waals surface area (Å²) in [5.74, 6) is 1.39. The van der Waals surface area contributed by atoms with Crippen molar-refractivity contribution in [2.24, 2.45) is 0 Å². The maximum atomic E-state index is 12.6. The van der Waals surface area contributed by atoms with Crippen LogP contribution in [-0.4, -0.2) is 57.8 Å². The van der Waals surface area contributed by atoms with E-state index in [0.29, 0.717) is 17.2 Å². The van der Waals surface area contributed by atoms with Crippen LogP contribution in [0.5, 0.6) is 17.2 Å². The molecule has 2 aliphatic heterocycles. The number of alkyl carbamates (subject to hydrolysis) is 1. The molecule has 194 valence electrons. The first-order valence-electron chi connectivity index (χ1n) is 11.7. The number of fused-ring (bicyclic) bond motifs is 2. The van der Waals surface area contributed by atoms with Crippen LogP contribution in [-0.2, 0) is 16.1 Å². The van der Waals surface area contributed by atoms with Gasteiger partial charge in [0.1, 0.15) is 37.0 Å². The highest BCUT2D eigenvalue weighted by atomic mass is 16.6. The molecule has 5 rings (SSSR count). The van der Waals surface area contributed by atoms with Crippen LogP contribution in [0.25, 0.3) is 0 Å². The first-order chi connectivity index (χ1) is 18.0. The molecule has 12 heteroatoms. The lowest BCUT2D eigenvalue weighted by Crippen LogP contribution is -2.29. The number of aliphatic hydroxyl groups is 2. The van der Waals surface area contributed by atoms with E-state index in [9.17, 15) is 19.8 Å². The Morgan fingerprint density at radius 1 is 1.19 bits per heavy atom. The second-order valence-electron chi connectivity index (χ2n) is 8.45. The Bertz CT molecular complexity index is 1320. The van der Waals surface area contributed by atoms with Gasteiger partial charge in [0, 0.05) is 6.42 Å². The molecular weight excluding hydrogens is 484 g/mol. The van der Waals surface area contributed by atoms with Gasteiger partial charge in [-0.2, -0.15) is 4.98 Å². The molecule has 0 spiro atoms.